The molecule has 4 heteroatoms. The van der Waals surface area contributed by atoms with Crippen molar-refractivity contribution in [2.75, 3.05) is 7.11 Å². The van der Waals surface area contributed by atoms with Gasteiger partial charge in [-0.05, 0) is 11.2 Å². The van der Waals surface area contributed by atoms with E-state index in [-0.39, 0.29) is 11.3 Å². The summed E-state index contributed by atoms with van der Waals surface area (Å²) in [5, 5.41) is 2.63. The van der Waals surface area contributed by atoms with E-state index >= 15 is 0 Å². The summed E-state index contributed by atoms with van der Waals surface area (Å²) in [5.41, 5.74) is 0.111. The Kier molecular flexibility index (Phi) is 2.53. The highest BCUT2D eigenvalue weighted by Crippen LogP contribution is 2.17. The van der Waals surface area contributed by atoms with Gasteiger partial charge in [0.05, 0.1) is 12.7 Å². The molecule has 0 aliphatic heterocycles. The first-order valence-electron chi connectivity index (χ1n) is 3.22. The molecule has 12 heavy (non-hydrogen) atoms. The van der Waals surface area contributed by atoms with Gasteiger partial charge in [0.15, 0.2) is 0 Å². The van der Waals surface area contributed by atoms with E-state index in [1.54, 1.807) is 6.07 Å². The zero-order chi connectivity index (χ0) is 8.97. The van der Waals surface area contributed by atoms with Crippen molar-refractivity contribution in [3.05, 3.63) is 34.7 Å². The van der Waals surface area contributed by atoms with Gasteiger partial charge in [-0.1, -0.05) is 12.1 Å². The van der Waals surface area contributed by atoms with Gasteiger partial charge in [-0.2, -0.15) is 0 Å². The van der Waals surface area contributed by atoms with Crippen molar-refractivity contribution < 1.29 is 9.53 Å². The molecule has 1 rings (SSSR count). The second kappa shape index (κ2) is 3.61. The predicted octanol–water partition coefficient (Wildman–Crippen LogP) is 1.67. The summed E-state index contributed by atoms with van der Waals surface area (Å²) in [6.45, 7) is 0. The van der Waals surface area contributed by atoms with Gasteiger partial charge in [0.2, 0.25) is 0 Å². The number of carbonyl (C=O) groups excluding carboxylic acids is 1. The first-order valence-corrected chi connectivity index (χ1v) is 3.22. The first-order chi connectivity index (χ1) is 5.79. The van der Waals surface area contributed by atoms with Crippen LogP contribution in [0.15, 0.2) is 23.4 Å². The lowest BCUT2D eigenvalue weighted by Gasteiger charge is -1.98. The van der Waals surface area contributed by atoms with Crippen LogP contribution in [-0.4, -0.2) is 13.1 Å². The van der Waals surface area contributed by atoms with E-state index in [4.69, 9.17) is 0 Å². The van der Waals surface area contributed by atoms with E-state index in [0.717, 1.165) is 0 Å². The van der Waals surface area contributed by atoms with E-state index in [1.807, 2.05) is 0 Å². The topological polar surface area (TPSA) is 55.7 Å². The molecule has 1 radical (unpaired) electrons. The van der Waals surface area contributed by atoms with Crippen LogP contribution in [0.4, 0.5) is 5.69 Å². The largest absolute Gasteiger partial charge is 0.465 e. The number of esters is 1. The molecule has 0 amide bonds. The van der Waals surface area contributed by atoms with Gasteiger partial charge in [-0.15, -0.1) is 4.91 Å². The van der Waals surface area contributed by atoms with Crippen LogP contribution in [-0.2, 0) is 4.74 Å². The van der Waals surface area contributed by atoms with Crippen LogP contribution < -0.4 is 0 Å². The molecule has 4 nitrogen and oxygen atoms in total. The number of methoxy groups -OCH3 is 1. The van der Waals surface area contributed by atoms with Crippen LogP contribution in [0.5, 0.6) is 0 Å². The maximum atomic E-state index is 11.0. The number of carbonyl (C=O) groups is 1. The Balaban J connectivity index is 3.13. The van der Waals surface area contributed by atoms with Gasteiger partial charge in [-0.3, -0.25) is 0 Å². The Morgan fingerprint density at radius 2 is 2.42 bits per heavy atom. The first kappa shape index (κ1) is 8.39. The summed E-state index contributed by atoms with van der Waals surface area (Å²) in [6.07, 6.45) is 0. The summed E-state index contributed by atoms with van der Waals surface area (Å²) >= 11 is 0. The standard InChI is InChI=1S/C8H6NO3/c1-12-8(10)6-4-2-3-5-7(6)9-11/h2-4H,1H3. The highest BCUT2D eigenvalue weighted by atomic mass is 16.5. The summed E-state index contributed by atoms with van der Waals surface area (Å²) in [5.74, 6) is -0.582. The Morgan fingerprint density at radius 1 is 1.67 bits per heavy atom. The predicted molar refractivity (Wildman–Crippen MR) is 42.1 cm³/mol. The van der Waals surface area contributed by atoms with Crippen LogP contribution >= 0.6 is 0 Å². The van der Waals surface area contributed by atoms with Crippen molar-refractivity contribution in [2.24, 2.45) is 5.18 Å². The molecule has 0 aromatic heterocycles. The zero-order valence-corrected chi connectivity index (χ0v) is 6.40. The molecule has 0 unspecified atom stereocenters. The molecule has 1 aromatic carbocycles. The number of ether oxygens (including phenoxy) is 1. The van der Waals surface area contributed by atoms with Crippen LogP contribution in [0.2, 0.25) is 0 Å². The summed E-state index contributed by atoms with van der Waals surface area (Å²) < 4.78 is 4.42. The number of nitroso groups, excluding NO2 is 1. The van der Waals surface area contributed by atoms with Gasteiger partial charge in [0, 0.05) is 6.07 Å². The molecule has 0 bridgehead atoms. The maximum Gasteiger partial charge on any atom is 0.340 e. The molecule has 0 aliphatic carbocycles. The molecule has 0 spiro atoms. The van der Waals surface area contributed by atoms with Gasteiger partial charge in [0.1, 0.15) is 5.69 Å². The van der Waals surface area contributed by atoms with Crippen molar-refractivity contribution in [1.82, 2.24) is 0 Å². The number of hydrogen-bond donors (Lipinski definition) is 0. The van der Waals surface area contributed by atoms with Crippen molar-refractivity contribution in [3.63, 3.8) is 0 Å². The molecule has 0 atom stereocenters. The van der Waals surface area contributed by atoms with E-state index < -0.39 is 5.97 Å². The zero-order valence-electron chi connectivity index (χ0n) is 6.40. The lowest BCUT2D eigenvalue weighted by molar-refractivity contribution is 0.0601. The minimum absolute atomic E-state index is 0.0237. The van der Waals surface area contributed by atoms with Crippen molar-refractivity contribution in [2.45, 2.75) is 0 Å². The molecule has 0 aliphatic rings. The minimum atomic E-state index is -0.582. The number of nitrogens with zero attached hydrogens (tertiary/aromatic N) is 1. The van der Waals surface area contributed by atoms with Crippen LogP contribution in [0.3, 0.4) is 0 Å². The second-order valence-electron chi connectivity index (χ2n) is 2.02. The lowest BCUT2D eigenvalue weighted by atomic mass is 10.2. The molecular formula is C8H6NO3. The highest BCUT2D eigenvalue weighted by Gasteiger charge is 2.10. The summed E-state index contributed by atoms with van der Waals surface area (Å²) in [6, 6.07) is 7.07. The quantitative estimate of drug-likeness (QED) is 0.493. The van der Waals surface area contributed by atoms with Crippen LogP contribution in [0, 0.1) is 11.0 Å². The Morgan fingerprint density at radius 3 is 3.00 bits per heavy atom. The molecular weight excluding hydrogens is 158 g/mol. The molecule has 0 N–H and O–H groups in total. The molecule has 0 saturated heterocycles. The Labute approximate surface area is 69.1 Å². The molecule has 0 fully saturated rings. The average Bonchev–Trinajstić information content (AvgIpc) is 2.16. The monoisotopic (exact) mass is 164 g/mol. The molecule has 61 valence electrons. The third kappa shape index (κ3) is 1.47. The molecule has 1 aromatic rings. The van der Waals surface area contributed by atoms with E-state index in [1.165, 1.54) is 19.2 Å². The lowest BCUT2D eigenvalue weighted by Crippen LogP contribution is -2.00. The van der Waals surface area contributed by atoms with E-state index in [9.17, 15) is 9.70 Å². The SMILES string of the molecule is COC(=O)c1ccc[c]c1N=O. The number of hydrogen-bond acceptors (Lipinski definition) is 4. The summed E-state index contributed by atoms with van der Waals surface area (Å²) in [4.78, 5) is 21.1. The number of benzene rings is 1. The van der Waals surface area contributed by atoms with Crippen molar-refractivity contribution in [3.8, 4) is 0 Å². The Bertz CT molecular complexity index is 309. The minimum Gasteiger partial charge on any atom is -0.465 e. The fraction of sp³-hybridized carbons (Fsp3) is 0.125. The normalized spacial score (nSPS) is 9.08. The average molecular weight is 164 g/mol. The molecule has 0 heterocycles. The maximum absolute atomic E-state index is 11.0. The number of rotatable bonds is 2. The van der Waals surface area contributed by atoms with E-state index in [2.05, 4.69) is 16.0 Å². The van der Waals surface area contributed by atoms with Crippen molar-refractivity contribution >= 4 is 11.7 Å². The van der Waals surface area contributed by atoms with Crippen molar-refractivity contribution in [1.29, 1.82) is 0 Å². The fourth-order valence-electron chi connectivity index (χ4n) is 0.778. The van der Waals surface area contributed by atoms with E-state index in [0.29, 0.717) is 0 Å². The third-order valence-corrected chi connectivity index (χ3v) is 1.33. The summed E-state index contributed by atoms with van der Waals surface area (Å²) in [7, 11) is 1.24. The molecule has 0 saturated carbocycles. The van der Waals surface area contributed by atoms with Gasteiger partial charge >= 0.3 is 5.97 Å². The van der Waals surface area contributed by atoms with Gasteiger partial charge < -0.3 is 4.74 Å². The fourth-order valence-corrected chi connectivity index (χ4v) is 0.778. The smallest absolute Gasteiger partial charge is 0.340 e. The van der Waals surface area contributed by atoms with Crippen LogP contribution in [0.25, 0.3) is 0 Å². The highest BCUT2D eigenvalue weighted by molar-refractivity contribution is 5.94. The van der Waals surface area contributed by atoms with Crippen LogP contribution in [0.1, 0.15) is 10.4 Å². The van der Waals surface area contributed by atoms with Gasteiger partial charge in [-0.25, -0.2) is 4.79 Å². The second-order valence-corrected chi connectivity index (χ2v) is 2.02. The third-order valence-electron chi connectivity index (χ3n) is 1.33. The van der Waals surface area contributed by atoms with Gasteiger partial charge in [0.25, 0.3) is 0 Å². The Hall–Kier alpha value is -1.71.